The monoisotopic (exact) mass is 330 g/mol. The highest BCUT2D eigenvalue weighted by molar-refractivity contribution is 7.09. The van der Waals surface area contributed by atoms with Crippen LogP contribution in [-0.4, -0.2) is 29.8 Å². The number of anilines is 1. The number of aryl methyl sites for hydroxylation is 1. The van der Waals surface area contributed by atoms with Crippen molar-refractivity contribution in [1.29, 1.82) is 0 Å². The minimum atomic E-state index is -0.199. The van der Waals surface area contributed by atoms with Gasteiger partial charge in [-0.2, -0.15) is 0 Å². The molecule has 120 valence electrons. The van der Waals surface area contributed by atoms with E-state index < -0.39 is 0 Å². The molecule has 0 saturated heterocycles. The van der Waals surface area contributed by atoms with Crippen LogP contribution in [0.2, 0.25) is 0 Å². The third-order valence-corrected chi connectivity index (χ3v) is 4.50. The maximum absolute atomic E-state index is 12.1. The molecule has 2 heterocycles. The van der Waals surface area contributed by atoms with Crippen LogP contribution < -0.4 is 9.64 Å². The van der Waals surface area contributed by atoms with Crippen molar-refractivity contribution in [1.82, 2.24) is 4.98 Å². The maximum atomic E-state index is 12.1. The van der Waals surface area contributed by atoms with Crippen LogP contribution >= 0.6 is 11.3 Å². The first-order valence-electron chi connectivity index (χ1n) is 7.60. The van der Waals surface area contributed by atoms with E-state index in [4.69, 9.17) is 4.74 Å². The molecule has 1 aromatic heterocycles. The molecular formula is C17H18N2O3S. The molecule has 0 spiro atoms. The first-order chi connectivity index (χ1) is 11.1. The van der Waals surface area contributed by atoms with Gasteiger partial charge < -0.3 is 4.74 Å². The number of ether oxygens (including phenoxy) is 1. The summed E-state index contributed by atoms with van der Waals surface area (Å²) in [6, 6.07) is 5.65. The predicted molar refractivity (Wildman–Crippen MR) is 90.1 cm³/mol. The van der Waals surface area contributed by atoms with Crippen LogP contribution in [0.1, 0.15) is 25.3 Å². The van der Waals surface area contributed by atoms with E-state index in [1.807, 2.05) is 23.6 Å². The Bertz CT molecular complexity index is 754. The van der Waals surface area contributed by atoms with Gasteiger partial charge >= 0.3 is 0 Å². The van der Waals surface area contributed by atoms with Gasteiger partial charge in [0, 0.05) is 10.9 Å². The third-order valence-electron chi connectivity index (χ3n) is 3.59. The first-order valence-corrected chi connectivity index (χ1v) is 8.48. The molecule has 0 N–H and O–H groups in total. The topological polar surface area (TPSA) is 59.5 Å². The number of hydrogen-bond acceptors (Lipinski definition) is 5. The molecule has 1 aliphatic rings. The van der Waals surface area contributed by atoms with Crippen LogP contribution in [0.5, 0.6) is 5.75 Å². The fraction of sp³-hybridized carbons (Fsp3) is 0.353. The van der Waals surface area contributed by atoms with E-state index in [2.05, 4.69) is 11.9 Å². The lowest BCUT2D eigenvalue weighted by Gasteiger charge is -2.28. The molecule has 0 saturated carbocycles. The molecule has 0 atom stereocenters. The summed E-state index contributed by atoms with van der Waals surface area (Å²) in [5.74, 6) is 0.365. The van der Waals surface area contributed by atoms with Crippen molar-refractivity contribution < 1.29 is 14.3 Å². The molecule has 23 heavy (non-hydrogen) atoms. The van der Waals surface area contributed by atoms with Crippen LogP contribution in [0, 0.1) is 0 Å². The molecule has 6 heteroatoms. The molecule has 0 fully saturated rings. The molecule has 1 amide bonds. The molecule has 0 radical (unpaired) electrons. The molecule has 2 aromatic rings. The Hall–Kier alpha value is -2.21. The fourth-order valence-electron chi connectivity index (χ4n) is 2.53. The van der Waals surface area contributed by atoms with E-state index in [1.165, 1.54) is 11.8 Å². The van der Waals surface area contributed by atoms with Gasteiger partial charge in [0.15, 0.2) is 6.61 Å². The molecule has 0 aliphatic carbocycles. The predicted octanol–water partition coefficient (Wildman–Crippen LogP) is 3.08. The average Bonchev–Trinajstić information content (AvgIpc) is 2.98. The van der Waals surface area contributed by atoms with Gasteiger partial charge in [-0.1, -0.05) is 6.92 Å². The van der Waals surface area contributed by atoms with E-state index >= 15 is 0 Å². The Morgan fingerprint density at radius 2 is 2.26 bits per heavy atom. The van der Waals surface area contributed by atoms with Gasteiger partial charge in [-0.25, -0.2) is 4.98 Å². The number of rotatable bonds is 5. The number of nitrogens with zero attached hydrogens (tertiary/aromatic N) is 2. The summed E-state index contributed by atoms with van der Waals surface area (Å²) in [7, 11) is 0. The lowest BCUT2D eigenvalue weighted by Crippen LogP contribution is -2.41. The molecule has 5 nitrogen and oxygen atoms in total. The largest absolute Gasteiger partial charge is 0.482 e. The van der Waals surface area contributed by atoms with Crippen molar-refractivity contribution in [3.63, 3.8) is 0 Å². The second-order valence-electron chi connectivity index (χ2n) is 5.53. The Labute approximate surface area is 138 Å². The van der Waals surface area contributed by atoms with Crippen LogP contribution in [0.15, 0.2) is 23.6 Å². The second kappa shape index (κ2) is 6.50. The maximum Gasteiger partial charge on any atom is 0.265 e. The summed E-state index contributed by atoms with van der Waals surface area (Å²) in [6.07, 6.45) is 2.03. The van der Waals surface area contributed by atoms with Crippen molar-refractivity contribution in [2.75, 3.05) is 18.1 Å². The number of aromatic nitrogens is 1. The number of Topliss-reactive ketones (excluding diaryl/α,β-unsaturated/α-hetero) is 1. The number of carbonyl (C=O) groups excluding carboxylic acids is 2. The first kappa shape index (κ1) is 15.7. The lowest BCUT2D eigenvalue weighted by molar-refractivity contribution is -0.123. The van der Waals surface area contributed by atoms with Gasteiger partial charge in [0.05, 0.1) is 22.9 Å². The van der Waals surface area contributed by atoms with E-state index in [9.17, 15) is 9.59 Å². The fourth-order valence-corrected chi connectivity index (χ4v) is 3.44. The average molecular weight is 330 g/mol. The van der Waals surface area contributed by atoms with Crippen LogP contribution in [-0.2, 0) is 16.0 Å². The molecule has 0 unspecified atom stereocenters. The normalized spacial score (nSPS) is 13.7. The standard InChI is InChI=1S/C17H18N2O3S/c1-3-4-16-18-13(10-23-16)12-5-6-15-14(7-12)19(8-11(2)20)17(21)9-22-15/h5-7,10H,3-4,8-9H2,1-2H3. The summed E-state index contributed by atoms with van der Waals surface area (Å²) in [5.41, 5.74) is 2.45. The molecular weight excluding hydrogens is 312 g/mol. The summed E-state index contributed by atoms with van der Waals surface area (Å²) < 4.78 is 5.46. The van der Waals surface area contributed by atoms with Gasteiger partial charge in [0.1, 0.15) is 11.5 Å². The van der Waals surface area contributed by atoms with E-state index in [0.29, 0.717) is 11.4 Å². The summed E-state index contributed by atoms with van der Waals surface area (Å²) >= 11 is 1.64. The zero-order valence-corrected chi connectivity index (χ0v) is 14.0. The van der Waals surface area contributed by atoms with Crippen molar-refractivity contribution in [2.24, 2.45) is 0 Å². The zero-order valence-electron chi connectivity index (χ0n) is 13.2. The van der Waals surface area contributed by atoms with Crippen LogP contribution in [0.3, 0.4) is 0 Å². The minimum Gasteiger partial charge on any atom is -0.482 e. The Kier molecular flexibility index (Phi) is 4.43. The molecule has 3 rings (SSSR count). The third kappa shape index (κ3) is 3.27. The van der Waals surface area contributed by atoms with Crippen molar-refractivity contribution in [3.05, 3.63) is 28.6 Å². The Balaban J connectivity index is 1.97. The number of thiazole rings is 1. The van der Waals surface area contributed by atoms with Gasteiger partial charge in [-0.05, 0) is 38.0 Å². The van der Waals surface area contributed by atoms with E-state index in [-0.39, 0.29) is 24.8 Å². The lowest BCUT2D eigenvalue weighted by atomic mass is 10.1. The number of ketones is 1. The van der Waals surface area contributed by atoms with E-state index in [1.54, 1.807) is 11.3 Å². The molecule has 1 aromatic carbocycles. The zero-order chi connectivity index (χ0) is 16.4. The highest BCUT2D eigenvalue weighted by atomic mass is 32.1. The Morgan fingerprint density at radius 1 is 1.43 bits per heavy atom. The smallest absolute Gasteiger partial charge is 0.265 e. The summed E-state index contributed by atoms with van der Waals surface area (Å²) in [6.45, 7) is 3.64. The quantitative estimate of drug-likeness (QED) is 0.845. The minimum absolute atomic E-state index is 0.0308. The Morgan fingerprint density at radius 3 is 3.00 bits per heavy atom. The number of fused-ring (bicyclic) bond motifs is 1. The van der Waals surface area contributed by atoms with Crippen molar-refractivity contribution in [2.45, 2.75) is 26.7 Å². The highest BCUT2D eigenvalue weighted by Crippen LogP contribution is 2.36. The van der Waals surface area contributed by atoms with Gasteiger partial charge in [-0.15, -0.1) is 11.3 Å². The molecule has 1 aliphatic heterocycles. The summed E-state index contributed by atoms with van der Waals surface area (Å²) in [4.78, 5) is 29.6. The van der Waals surface area contributed by atoms with Crippen molar-refractivity contribution in [3.8, 4) is 17.0 Å². The number of hydrogen-bond donors (Lipinski definition) is 0. The van der Waals surface area contributed by atoms with Gasteiger partial charge in [0.2, 0.25) is 0 Å². The number of carbonyl (C=O) groups is 2. The van der Waals surface area contributed by atoms with Crippen LogP contribution in [0.25, 0.3) is 11.3 Å². The second-order valence-corrected chi connectivity index (χ2v) is 6.47. The van der Waals surface area contributed by atoms with E-state index in [0.717, 1.165) is 29.1 Å². The summed E-state index contributed by atoms with van der Waals surface area (Å²) in [5, 5.41) is 3.13. The SMILES string of the molecule is CCCc1nc(-c2ccc3c(c2)N(CC(C)=O)C(=O)CO3)cs1. The van der Waals surface area contributed by atoms with Gasteiger partial charge in [0.25, 0.3) is 5.91 Å². The van der Waals surface area contributed by atoms with Crippen LogP contribution in [0.4, 0.5) is 5.69 Å². The van der Waals surface area contributed by atoms with Gasteiger partial charge in [-0.3, -0.25) is 14.5 Å². The van der Waals surface area contributed by atoms with Crippen molar-refractivity contribution >= 4 is 28.7 Å². The number of benzene rings is 1. The number of amides is 1. The highest BCUT2D eigenvalue weighted by Gasteiger charge is 2.27. The molecule has 0 bridgehead atoms.